The molecule has 2 heterocycles. The van der Waals surface area contributed by atoms with E-state index in [-0.39, 0.29) is 0 Å². The molecule has 2 unspecified atom stereocenters. The third-order valence-corrected chi connectivity index (χ3v) is 4.78. The zero-order chi connectivity index (χ0) is 15.6. The maximum absolute atomic E-state index is 4.62. The van der Waals surface area contributed by atoms with Crippen LogP contribution >= 0.6 is 0 Å². The van der Waals surface area contributed by atoms with Crippen molar-refractivity contribution < 1.29 is 0 Å². The summed E-state index contributed by atoms with van der Waals surface area (Å²) in [6.45, 7) is 16.9. The van der Waals surface area contributed by atoms with Gasteiger partial charge in [0.05, 0.1) is 0 Å². The molecule has 0 aromatic carbocycles. The molecule has 1 N–H and O–H groups in total. The zero-order valence-electron chi connectivity index (χ0n) is 14.5. The molecule has 0 amide bonds. The van der Waals surface area contributed by atoms with Crippen LogP contribution in [0.1, 0.15) is 55.7 Å². The van der Waals surface area contributed by atoms with Gasteiger partial charge in [-0.15, -0.1) is 0 Å². The van der Waals surface area contributed by atoms with Gasteiger partial charge >= 0.3 is 0 Å². The van der Waals surface area contributed by atoms with Gasteiger partial charge in [0, 0.05) is 30.0 Å². The summed E-state index contributed by atoms with van der Waals surface area (Å²) in [5.41, 5.74) is 5.02. The number of hydrogen-bond donors (Lipinski definition) is 1. The first-order chi connectivity index (χ1) is 9.88. The van der Waals surface area contributed by atoms with E-state index in [1.54, 1.807) is 0 Å². The summed E-state index contributed by atoms with van der Waals surface area (Å²) in [7, 11) is 0. The van der Waals surface area contributed by atoms with Crippen LogP contribution in [0, 0.1) is 26.7 Å². The van der Waals surface area contributed by atoms with Crippen molar-refractivity contribution in [2.24, 2.45) is 5.92 Å². The van der Waals surface area contributed by atoms with Crippen molar-refractivity contribution in [3.8, 4) is 0 Å². The molecule has 1 saturated heterocycles. The molecule has 0 bridgehead atoms. The average molecular weight is 289 g/mol. The van der Waals surface area contributed by atoms with Gasteiger partial charge in [-0.05, 0) is 84.2 Å². The maximum atomic E-state index is 4.62. The fraction of sp³-hybridized carbons (Fsp3) is 0.722. The van der Waals surface area contributed by atoms with E-state index in [0.717, 1.165) is 18.2 Å². The Kier molecular flexibility index (Phi) is 5.39. The van der Waals surface area contributed by atoms with Gasteiger partial charge in [-0.2, -0.15) is 0 Å². The fourth-order valence-electron chi connectivity index (χ4n) is 3.63. The third-order valence-electron chi connectivity index (χ3n) is 4.78. The summed E-state index contributed by atoms with van der Waals surface area (Å²) in [4.78, 5) is 7.21. The number of aromatic nitrogens is 1. The molecule has 2 rings (SSSR count). The third kappa shape index (κ3) is 4.04. The summed E-state index contributed by atoms with van der Waals surface area (Å²) in [5, 5.41) is 3.73. The quantitative estimate of drug-likeness (QED) is 0.900. The van der Waals surface area contributed by atoms with Crippen LogP contribution in [0.25, 0.3) is 0 Å². The van der Waals surface area contributed by atoms with Gasteiger partial charge in [-0.3, -0.25) is 4.98 Å². The van der Waals surface area contributed by atoms with Crippen LogP contribution in [0.3, 0.4) is 0 Å². The first kappa shape index (κ1) is 16.4. The number of pyridine rings is 1. The van der Waals surface area contributed by atoms with Gasteiger partial charge in [0.1, 0.15) is 0 Å². The highest BCUT2D eigenvalue weighted by molar-refractivity contribution is 5.33. The molecule has 1 fully saturated rings. The number of nitrogens with zero attached hydrogens (tertiary/aromatic N) is 2. The van der Waals surface area contributed by atoms with Crippen LogP contribution in [0.2, 0.25) is 0 Å². The summed E-state index contributed by atoms with van der Waals surface area (Å²) in [6, 6.07) is 3.25. The molecule has 1 aromatic heterocycles. The molecular weight excluding hydrogens is 258 g/mol. The molecule has 2 atom stereocenters. The van der Waals surface area contributed by atoms with E-state index >= 15 is 0 Å². The standard InChI is InChI=1S/C18H31N3/c1-12(2)21-8-7-17(11-21)10-19-15(5)18-13(3)9-14(4)20-16(18)6/h9,12,15,17,19H,7-8,10-11H2,1-6H3. The van der Waals surface area contributed by atoms with Crippen molar-refractivity contribution in [1.82, 2.24) is 15.2 Å². The average Bonchev–Trinajstić information content (AvgIpc) is 2.84. The molecular formula is C18H31N3. The van der Waals surface area contributed by atoms with Crippen LogP contribution in [-0.2, 0) is 0 Å². The Morgan fingerprint density at radius 2 is 2.00 bits per heavy atom. The molecule has 1 aromatic rings. The van der Waals surface area contributed by atoms with E-state index in [2.05, 4.69) is 62.8 Å². The summed E-state index contributed by atoms with van der Waals surface area (Å²) < 4.78 is 0. The van der Waals surface area contributed by atoms with Gasteiger partial charge in [-0.25, -0.2) is 0 Å². The minimum atomic E-state index is 0.381. The molecule has 1 aliphatic heterocycles. The lowest BCUT2D eigenvalue weighted by Gasteiger charge is -2.22. The smallest absolute Gasteiger partial charge is 0.0426 e. The molecule has 1 aliphatic rings. The van der Waals surface area contributed by atoms with Crippen LogP contribution in [0.15, 0.2) is 6.07 Å². The highest BCUT2D eigenvalue weighted by Crippen LogP contribution is 2.23. The molecule has 0 saturated carbocycles. The Hall–Kier alpha value is -0.930. The Balaban J connectivity index is 1.92. The highest BCUT2D eigenvalue weighted by atomic mass is 15.2. The number of aryl methyl sites for hydroxylation is 3. The van der Waals surface area contributed by atoms with Gasteiger partial charge in [0.2, 0.25) is 0 Å². The highest BCUT2D eigenvalue weighted by Gasteiger charge is 2.24. The second kappa shape index (κ2) is 6.89. The Labute approximate surface area is 130 Å². The van der Waals surface area contributed by atoms with Crippen molar-refractivity contribution in [3.05, 3.63) is 28.6 Å². The van der Waals surface area contributed by atoms with Crippen LogP contribution in [0.4, 0.5) is 0 Å². The monoisotopic (exact) mass is 289 g/mol. The molecule has 3 heteroatoms. The van der Waals surface area contributed by atoms with Crippen LogP contribution < -0.4 is 5.32 Å². The minimum Gasteiger partial charge on any atom is -0.310 e. The van der Waals surface area contributed by atoms with Crippen molar-refractivity contribution in [3.63, 3.8) is 0 Å². The lowest BCUT2D eigenvalue weighted by molar-refractivity contribution is 0.263. The first-order valence-electron chi connectivity index (χ1n) is 8.30. The second-order valence-electron chi connectivity index (χ2n) is 6.95. The first-order valence-corrected chi connectivity index (χ1v) is 8.30. The summed E-state index contributed by atoms with van der Waals surface area (Å²) in [6.07, 6.45) is 1.32. The fourth-order valence-corrected chi connectivity index (χ4v) is 3.63. The van der Waals surface area contributed by atoms with Gasteiger partial charge < -0.3 is 10.2 Å². The lowest BCUT2D eigenvalue weighted by Crippen LogP contribution is -2.31. The second-order valence-corrected chi connectivity index (χ2v) is 6.95. The van der Waals surface area contributed by atoms with Crippen molar-refractivity contribution in [1.29, 1.82) is 0 Å². The predicted molar refractivity (Wildman–Crippen MR) is 89.7 cm³/mol. The molecule has 118 valence electrons. The van der Waals surface area contributed by atoms with Crippen molar-refractivity contribution in [2.45, 2.75) is 60.0 Å². The van der Waals surface area contributed by atoms with Crippen molar-refractivity contribution >= 4 is 0 Å². The summed E-state index contributed by atoms with van der Waals surface area (Å²) in [5.74, 6) is 0.786. The van der Waals surface area contributed by atoms with Crippen molar-refractivity contribution in [2.75, 3.05) is 19.6 Å². The maximum Gasteiger partial charge on any atom is 0.0426 e. The van der Waals surface area contributed by atoms with E-state index < -0.39 is 0 Å². The van der Waals surface area contributed by atoms with E-state index in [1.165, 1.54) is 36.3 Å². The van der Waals surface area contributed by atoms with E-state index in [4.69, 9.17) is 0 Å². The van der Waals surface area contributed by atoms with Gasteiger partial charge in [-0.1, -0.05) is 0 Å². The molecule has 3 nitrogen and oxygen atoms in total. The number of likely N-dealkylation sites (tertiary alicyclic amines) is 1. The summed E-state index contributed by atoms with van der Waals surface area (Å²) >= 11 is 0. The Morgan fingerprint density at radius 3 is 2.57 bits per heavy atom. The molecule has 0 aliphatic carbocycles. The minimum absolute atomic E-state index is 0.381. The Bertz CT molecular complexity index is 458. The van der Waals surface area contributed by atoms with Gasteiger partial charge in [0.25, 0.3) is 0 Å². The lowest BCUT2D eigenvalue weighted by atomic mass is 9.99. The normalized spacial score (nSPS) is 21.2. The number of hydrogen-bond acceptors (Lipinski definition) is 3. The van der Waals surface area contributed by atoms with Gasteiger partial charge in [0.15, 0.2) is 0 Å². The molecule has 0 radical (unpaired) electrons. The molecule has 21 heavy (non-hydrogen) atoms. The largest absolute Gasteiger partial charge is 0.310 e. The van der Waals surface area contributed by atoms with Crippen LogP contribution in [-0.4, -0.2) is 35.6 Å². The van der Waals surface area contributed by atoms with Crippen LogP contribution in [0.5, 0.6) is 0 Å². The van der Waals surface area contributed by atoms with E-state index in [9.17, 15) is 0 Å². The Morgan fingerprint density at radius 1 is 1.29 bits per heavy atom. The molecule has 0 spiro atoms. The topological polar surface area (TPSA) is 28.2 Å². The predicted octanol–water partition coefficient (Wildman–Crippen LogP) is 3.39. The number of rotatable bonds is 5. The number of nitrogens with one attached hydrogen (secondary N) is 1. The van der Waals surface area contributed by atoms with E-state index in [1.807, 2.05) is 0 Å². The SMILES string of the molecule is Cc1cc(C)c(C(C)NCC2CCN(C(C)C)C2)c(C)n1. The van der Waals surface area contributed by atoms with E-state index in [0.29, 0.717) is 12.1 Å². The zero-order valence-corrected chi connectivity index (χ0v) is 14.5.